The minimum absolute atomic E-state index is 0.0406. The number of halogens is 3. The Morgan fingerprint density at radius 2 is 1.81 bits per heavy atom. The zero-order valence-corrected chi connectivity index (χ0v) is 9.50. The lowest BCUT2D eigenvalue weighted by Crippen LogP contribution is -1.97. The van der Waals surface area contributed by atoms with E-state index in [0.717, 1.165) is 12.3 Å². The molecule has 0 atom stereocenters. The van der Waals surface area contributed by atoms with Crippen molar-refractivity contribution in [3.63, 3.8) is 0 Å². The van der Waals surface area contributed by atoms with Crippen LogP contribution in [0.25, 0.3) is 11.1 Å². The Bertz CT molecular complexity index is 496. The first kappa shape index (κ1) is 10.9. The predicted octanol–water partition coefficient (Wildman–Crippen LogP) is 2.77. The maximum Gasteiger partial charge on any atom is 0.213 e. The molecule has 0 aromatic carbocycles. The summed E-state index contributed by atoms with van der Waals surface area (Å²) >= 11 is 3.19. The Morgan fingerprint density at radius 1 is 1.06 bits per heavy atom. The van der Waals surface area contributed by atoms with Crippen molar-refractivity contribution in [3.8, 4) is 11.1 Å². The summed E-state index contributed by atoms with van der Waals surface area (Å²) in [6.07, 6.45) is 2.29. The van der Waals surface area contributed by atoms with Gasteiger partial charge in [0, 0.05) is 27.9 Å². The van der Waals surface area contributed by atoms with Gasteiger partial charge in [-0.3, -0.25) is 0 Å². The van der Waals surface area contributed by atoms with Crippen LogP contribution in [0.1, 0.15) is 0 Å². The Kier molecular flexibility index (Phi) is 2.82. The smallest absolute Gasteiger partial charge is 0.213 e. The molecule has 0 amide bonds. The molecule has 2 rings (SSSR count). The van der Waals surface area contributed by atoms with Crippen LogP contribution in [-0.2, 0) is 0 Å². The third-order valence-electron chi connectivity index (χ3n) is 2.00. The number of hydrogen-bond donors (Lipinski definition) is 1. The molecule has 82 valence electrons. The molecule has 0 aliphatic rings. The van der Waals surface area contributed by atoms with Crippen molar-refractivity contribution < 1.29 is 8.78 Å². The summed E-state index contributed by atoms with van der Waals surface area (Å²) in [7, 11) is 0. The number of pyridine rings is 2. The van der Waals surface area contributed by atoms with Crippen LogP contribution in [-0.4, -0.2) is 9.97 Å². The van der Waals surface area contributed by atoms with Crippen molar-refractivity contribution in [1.82, 2.24) is 9.97 Å². The topological polar surface area (TPSA) is 51.8 Å². The van der Waals surface area contributed by atoms with Crippen LogP contribution in [0.2, 0.25) is 0 Å². The fraction of sp³-hybridized carbons (Fsp3) is 0. The van der Waals surface area contributed by atoms with E-state index in [1.807, 2.05) is 0 Å². The lowest BCUT2D eigenvalue weighted by atomic mass is 10.1. The molecule has 0 fully saturated rings. The van der Waals surface area contributed by atoms with Gasteiger partial charge in [-0.1, -0.05) is 0 Å². The molecule has 2 aromatic rings. The highest BCUT2D eigenvalue weighted by atomic mass is 79.9. The summed E-state index contributed by atoms with van der Waals surface area (Å²) in [5.74, 6) is -1.28. The molecular weight excluding hydrogens is 280 g/mol. The summed E-state index contributed by atoms with van der Waals surface area (Å²) in [6, 6.07) is 2.55. The maximum atomic E-state index is 13.4. The van der Waals surface area contributed by atoms with Crippen LogP contribution in [0.15, 0.2) is 29.0 Å². The van der Waals surface area contributed by atoms with E-state index in [0.29, 0.717) is 10.0 Å². The molecule has 0 bridgehead atoms. The lowest BCUT2D eigenvalue weighted by Gasteiger charge is -2.06. The van der Waals surface area contributed by atoms with Gasteiger partial charge >= 0.3 is 0 Å². The first-order chi connectivity index (χ1) is 7.58. The van der Waals surface area contributed by atoms with Gasteiger partial charge < -0.3 is 5.73 Å². The Morgan fingerprint density at radius 3 is 2.56 bits per heavy atom. The Balaban J connectivity index is 2.66. The molecule has 16 heavy (non-hydrogen) atoms. The van der Waals surface area contributed by atoms with Gasteiger partial charge in [-0.05, 0) is 22.0 Å². The van der Waals surface area contributed by atoms with Crippen molar-refractivity contribution in [2.45, 2.75) is 0 Å². The van der Waals surface area contributed by atoms with Gasteiger partial charge in [-0.2, -0.15) is 4.39 Å². The lowest BCUT2D eigenvalue weighted by molar-refractivity contribution is 0.562. The molecule has 2 heterocycles. The highest BCUT2D eigenvalue weighted by Gasteiger charge is 2.11. The van der Waals surface area contributed by atoms with Crippen LogP contribution >= 0.6 is 15.9 Å². The van der Waals surface area contributed by atoms with E-state index in [-0.39, 0.29) is 11.4 Å². The van der Waals surface area contributed by atoms with Crippen molar-refractivity contribution in [2.75, 3.05) is 5.73 Å². The number of nitrogens with two attached hydrogens (primary N) is 1. The maximum absolute atomic E-state index is 13.4. The van der Waals surface area contributed by atoms with Gasteiger partial charge in [-0.25, -0.2) is 14.4 Å². The molecule has 6 heteroatoms. The number of anilines is 1. The Hall–Kier alpha value is -1.56. The number of rotatable bonds is 1. The van der Waals surface area contributed by atoms with Crippen molar-refractivity contribution in [1.29, 1.82) is 0 Å². The fourth-order valence-electron chi connectivity index (χ4n) is 1.29. The number of nitrogen functional groups attached to an aromatic ring is 1. The van der Waals surface area contributed by atoms with Gasteiger partial charge in [0.1, 0.15) is 11.6 Å². The third kappa shape index (κ3) is 2.01. The van der Waals surface area contributed by atoms with Gasteiger partial charge in [0.05, 0.1) is 6.20 Å². The average Bonchev–Trinajstić information content (AvgIpc) is 2.25. The highest BCUT2D eigenvalue weighted by molar-refractivity contribution is 9.10. The predicted molar refractivity (Wildman–Crippen MR) is 59.5 cm³/mol. The first-order valence-corrected chi connectivity index (χ1v) is 5.09. The summed E-state index contributed by atoms with van der Waals surface area (Å²) < 4.78 is 27.0. The zero-order valence-electron chi connectivity index (χ0n) is 7.92. The van der Waals surface area contributed by atoms with Gasteiger partial charge in [0.2, 0.25) is 5.95 Å². The van der Waals surface area contributed by atoms with Crippen LogP contribution in [0, 0.1) is 11.8 Å². The van der Waals surface area contributed by atoms with E-state index in [4.69, 9.17) is 5.73 Å². The molecule has 0 unspecified atom stereocenters. The van der Waals surface area contributed by atoms with Crippen LogP contribution < -0.4 is 5.73 Å². The Labute approximate surface area is 98.5 Å². The summed E-state index contributed by atoms with van der Waals surface area (Å²) in [5.41, 5.74) is 5.97. The molecule has 3 nitrogen and oxygen atoms in total. The van der Waals surface area contributed by atoms with Crippen molar-refractivity contribution in [2.24, 2.45) is 0 Å². The van der Waals surface area contributed by atoms with E-state index in [1.54, 1.807) is 6.07 Å². The van der Waals surface area contributed by atoms with Gasteiger partial charge in [0.15, 0.2) is 0 Å². The van der Waals surface area contributed by atoms with Crippen molar-refractivity contribution in [3.05, 3.63) is 40.8 Å². The van der Waals surface area contributed by atoms with E-state index < -0.39 is 11.8 Å². The second-order valence-corrected chi connectivity index (χ2v) is 3.99. The zero-order chi connectivity index (χ0) is 11.7. The second kappa shape index (κ2) is 4.13. The molecule has 0 spiro atoms. The minimum atomic E-state index is -0.768. The monoisotopic (exact) mass is 285 g/mol. The second-order valence-electron chi connectivity index (χ2n) is 3.07. The highest BCUT2D eigenvalue weighted by Crippen LogP contribution is 2.29. The third-order valence-corrected chi connectivity index (χ3v) is 2.43. The number of nitrogens with zero attached hydrogens (tertiary/aromatic N) is 2. The molecule has 2 aromatic heterocycles. The van der Waals surface area contributed by atoms with E-state index in [2.05, 4.69) is 25.9 Å². The molecule has 2 N–H and O–H groups in total. The minimum Gasteiger partial charge on any atom is -0.383 e. The first-order valence-electron chi connectivity index (χ1n) is 4.30. The molecule has 0 aliphatic heterocycles. The molecular formula is C10H6BrF2N3. The van der Waals surface area contributed by atoms with Crippen LogP contribution in [0.5, 0.6) is 0 Å². The van der Waals surface area contributed by atoms with Crippen LogP contribution in [0.4, 0.5) is 14.6 Å². The standard InChI is InChI=1S/C10H6BrF2N3/c11-5-1-7(10(14)16-3-5)6-2-9(13)15-4-8(6)12/h1-4H,(H2,14,16). The van der Waals surface area contributed by atoms with Gasteiger partial charge in [0.25, 0.3) is 0 Å². The number of aromatic nitrogens is 2. The SMILES string of the molecule is Nc1ncc(Br)cc1-c1cc(F)ncc1F. The molecule has 0 radical (unpaired) electrons. The summed E-state index contributed by atoms with van der Waals surface area (Å²) in [4.78, 5) is 7.05. The fourth-order valence-corrected chi connectivity index (χ4v) is 1.62. The average molecular weight is 286 g/mol. The molecule has 0 aliphatic carbocycles. The summed E-state index contributed by atoms with van der Waals surface area (Å²) in [6.45, 7) is 0. The van der Waals surface area contributed by atoms with E-state index >= 15 is 0 Å². The van der Waals surface area contributed by atoms with Gasteiger partial charge in [-0.15, -0.1) is 0 Å². The van der Waals surface area contributed by atoms with E-state index in [1.165, 1.54) is 6.20 Å². The van der Waals surface area contributed by atoms with Crippen molar-refractivity contribution >= 4 is 21.7 Å². The van der Waals surface area contributed by atoms with Crippen LogP contribution in [0.3, 0.4) is 0 Å². The largest absolute Gasteiger partial charge is 0.383 e. The quantitative estimate of drug-likeness (QED) is 0.820. The number of hydrogen-bond acceptors (Lipinski definition) is 3. The summed E-state index contributed by atoms with van der Waals surface area (Å²) in [5, 5.41) is 0. The molecule has 0 saturated carbocycles. The normalized spacial score (nSPS) is 10.4. The van der Waals surface area contributed by atoms with E-state index in [9.17, 15) is 8.78 Å². The molecule has 0 saturated heterocycles.